The van der Waals surface area contributed by atoms with Crippen LogP contribution in [0.1, 0.15) is 36.8 Å². The second kappa shape index (κ2) is 15.9. The highest BCUT2D eigenvalue weighted by Gasteiger charge is 2.27. The first-order chi connectivity index (χ1) is 25.6. The van der Waals surface area contributed by atoms with Crippen LogP contribution in [0.15, 0.2) is 71.8 Å². The Balaban J connectivity index is 1.30. The van der Waals surface area contributed by atoms with E-state index in [0.717, 1.165) is 41.0 Å². The predicted molar refractivity (Wildman–Crippen MR) is 209 cm³/mol. The largest absolute Gasteiger partial charge is 0.494 e. The van der Waals surface area contributed by atoms with E-state index in [1.807, 2.05) is 32.9 Å². The number of aryl methyl sites for hydroxylation is 1. The molecule has 286 valence electrons. The van der Waals surface area contributed by atoms with E-state index < -0.39 is 36.4 Å². The Kier molecular flexibility index (Phi) is 11.5. The van der Waals surface area contributed by atoms with Crippen LogP contribution in [0.3, 0.4) is 0 Å². The van der Waals surface area contributed by atoms with Gasteiger partial charge < -0.3 is 20.3 Å². The fraction of sp³-hybridized carbons (Fsp3) is 0.324. The van der Waals surface area contributed by atoms with Crippen molar-refractivity contribution in [3.05, 3.63) is 89.1 Å². The number of nitrogens with zero attached hydrogens (tertiary/aromatic N) is 4. The summed E-state index contributed by atoms with van der Waals surface area (Å²) in [4.78, 5) is 16.1. The number of piperazine rings is 1. The van der Waals surface area contributed by atoms with Gasteiger partial charge in [0.2, 0.25) is 5.95 Å². The number of sulfone groups is 1. The van der Waals surface area contributed by atoms with Gasteiger partial charge in [-0.05, 0) is 55.3 Å². The minimum atomic E-state index is -4.59. The lowest BCUT2D eigenvalue weighted by atomic mass is 10.1. The molecule has 3 aromatic carbocycles. The van der Waals surface area contributed by atoms with E-state index in [0.29, 0.717) is 58.7 Å². The molecule has 0 amide bonds. The number of thiazole rings is 1. The van der Waals surface area contributed by atoms with E-state index in [-0.39, 0.29) is 23.4 Å². The monoisotopic (exact) mass is 797 g/mol. The molecule has 5 aromatic rings. The van der Waals surface area contributed by atoms with Crippen molar-refractivity contribution in [2.75, 3.05) is 53.7 Å². The third-order valence-corrected chi connectivity index (χ3v) is 12.6. The van der Waals surface area contributed by atoms with Crippen molar-refractivity contribution in [1.82, 2.24) is 20.3 Å². The third kappa shape index (κ3) is 8.80. The molecule has 0 bridgehead atoms. The van der Waals surface area contributed by atoms with Gasteiger partial charge in [0, 0.05) is 67.1 Å². The number of anilines is 4. The maximum Gasteiger partial charge on any atom is 0.267 e. The van der Waals surface area contributed by atoms with Crippen LogP contribution in [-0.4, -0.2) is 76.6 Å². The fourth-order valence-electron chi connectivity index (χ4n) is 6.23. The average molecular weight is 798 g/mol. The van der Waals surface area contributed by atoms with Crippen molar-refractivity contribution in [3.63, 3.8) is 0 Å². The fourth-order valence-corrected chi connectivity index (χ4v) is 9.18. The summed E-state index contributed by atoms with van der Waals surface area (Å²) in [5.74, 6) is -1.38. The molecular weight excluding hydrogens is 757 g/mol. The van der Waals surface area contributed by atoms with Gasteiger partial charge in [0.15, 0.2) is 4.90 Å². The van der Waals surface area contributed by atoms with Gasteiger partial charge in [-0.2, -0.15) is 0 Å². The molecule has 1 aliphatic rings. The van der Waals surface area contributed by atoms with Crippen LogP contribution in [0, 0.1) is 18.6 Å². The summed E-state index contributed by atoms with van der Waals surface area (Å²) in [7, 11) is -6.13. The highest BCUT2D eigenvalue weighted by atomic mass is 32.2. The number of methoxy groups -OCH3 is 1. The normalized spacial score (nSPS) is 15.0. The molecule has 0 saturated carbocycles. The number of nitrogens with one attached hydrogen (secondary N) is 3. The summed E-state index contributed by atoms with van der Waals surface area (Å²) in [6.07, 6.45) is 3.38. The van der Waals surface area contributed by atoms with Crippen LogP contribution in [0.25, 0.3) is 21.8 Å². The Hall–Kier alpha value is -4.71. The van der Waals surface area contributed by atoms with E-state index in [2.05, 4.69) is 25.2 Å². The molecule has 0 aliphatic carbocycles. The van der Waals surface area contributed by atoms with Gasteiger partial charge in [-0.1, -0.05) is 32.0 Å². The zero-order valence-corrected chi connectivity index (χ0v) is 32.8. The zero-order valence-electron chi connectivity index (χ0n) is 30.4. The molecule has 1 fully saturated rings. The van der Waals surface area contributed by atoms with Gasteiger partial charge >= 0.3 is 0 Å². The van der Waals surface area contributed by atoms with E-state index in [1.165, 1.54) is 23.7 Å². The first-order valence-corrected chi connectivity index (χ1v) is 21.5. The Labute approximate surface area is 318 Å². The Morgan fingerprint density at radius 1 is 1.04 bits per heavy atom. The first kappa shape index (κ1) is 39.0. The molecule has 1 aliphatic heterocycles. The van der Waals surface area contributed by atoms with Crippen LogP contribution in [0.5, 0.6) is 5.75 Å². The van der Waals surface area contributed by atoms with E-state index in [4.69, 9.17) is 14.7 Å². The first-order valence-electron chi connectivity index (χ1n) is 17.2. The van der Waals surface area contributed by atoms with Crippen molar-refractivity contribution in [1.29, 1.82) is 0 Å². The number of halogens is 2. The van der Waals surface area contributed by atoms with Crippen LogP contribution >= 0.6 is 11.3 Å². The molecule has 0 radical (unpaired) electrons. The summed E-state index contributed by atoms with van der Waals surface area (Å²) in [6.45, 7) is 8.17. The number of hydrogen-bond donors (Lipinski definition) is 3. The number of ether oxygens (including phenoxy) is 1. The van der Waals surface area contributed by atoms with Gasteiger partial charge in [-0.3, -0.25) is 4.72 Å². The van der Waals surface area contributed by atoms with Gasteiger partial charge in [0.05, 0.1) is 39.8 Å². The van der Waals surface area contributed by atoms with Crippen molar-refractivity contribution in [2.45, 2.75) is 44.0 Å². The SMILES string of the molecule is COc1cc(N2CCNCC2CCS(C)(=O)=O)c(C)cc1Nc1nccc(-c2sc(C(C)C)nc2-c2cccc(NS(=O)(=O)c3c(F)cccc3F)c2)n1. The van der Waals surface area contributed by atoms with Crippen molar-refractivity contribution in [3.8, 4) is 27.6 Å². The zero-order chi connectivity index (χ0) is 38.8. The van der Waals surface area contributed by atoms with Crippen LogP contribution in [-0.2, 0) is 19.9 Å². The summed E-state index contributed by atoms with van der Waals surface area (Å²) < 4.78 is 86.8. The average Bonchev–Trinajstić information content (AvgIpc) is 3.57. The smallest absolute Gasteiger partial charge is 0.267 e. The van der Waals surface area contributed by atoms with Crippen molar-refractivity contribution < 1.29 is 30.4 Å². The molecule has 1 unspecified atom stereocenters. The molecule has 12 nitrogen and oxygen atoms in total. The Bertz CT molecular complexity index is 2370. The lowest BCUT2D eigenvalue weighted by Crippen LogP contribution is -2.52. The predicted octanol–water partition coefficient (Wildman–Crippen LogP) is 6.74. The molecule has 54 heavy (non-hydrogen) atoms. The van der Waals surface area contributed by atoms with Crippen molar-refractivity contribution in [2.24, 2.45) is 0 Å². The van der Waals surface area contributed by atoms with Crippen molar-refractivity contribution >= 4 is 54.2 Å². The van der Waals surface area contributed by atoms with E-state index in [9.17, 15) is 25.6 Å². The maximum absolute atomic E-state index is 14.4. The molecule has 3 N–H and O–H groups in total. The number of rotatable bonds is 13. The number of benzene rings is 3. The van der Waals surface area contributed by atoms with Gasteiger partial charge in [0.25, 0.3) is 10.0 Å². The molecule has 1 atom stereocenters. The quantitative estimate of drug-likeness (QED) is 0.116. The second-order valence-corrected chi connectivity index (χ2v) is 18.2. The van der Waals surface area contributed by atoms with Gasteiger partial charge in [0.1, 0.15) is 27.2 Å². The van der Waals surface area contributed by atoms with E-state index in [1.54, 1.807) is 37.6 Å². The second-order valence-electron chi connectivity index (χ2n) is 13.3. The number of aromatic nitrogens is 3. The molecule has 1 saturated heterocycles. The molecule has 6 rings (SSSR count). The third-order valence-electron chi connectivity index (χ3n) is 8.85. The summed E-state index contributed by atoms with van der Waals surface area (Å²) >= 11 is 1.44. The minimum Gasteiger partial charge on any atom is -0.494 e. The van der Waals surface area contributed by atoms with Gasteiger partial charge in [-0.15, -0.1) is 11.3 Å². The van der Waals surface area contributed by atoms with E-state index >= 15 is 0 Å². The Morgan fingerprint density at radius 2 is 1.78 bits per heavy atom. The summed E-state index contributed by atoms with van der Waals surface area (Å²) in [6, 6.07) is 14.9. The maximum atomic E-state index is 14.4. The highest BCUT2D eigenvalue weighted by Crippen LogP contribution is 2.40. The van der Waals surface area contributed by atoms with Gasteiger partial charge in [-0.25, -0.2) is 40.6 Å². The molecule has 0 spiro atoms. The minimum absolute atomic E-state index is 0.00392. The molecule has 17 heteroatoms. The lowest BCUT2D eigenvalue weighted by molar-refractivity contribution is 0.415. The number of sulfonamides is 1. The number of hydrogen-bond acceptors (Lipinski definition) is 12. The summed E-state index contributed by atoms with van der Waals surface area (Å²) in [5.41, 5.74) is 4.31. The van der Waals surface area contributed by atoms with Crippen LogP contribution < -0.4 is 25.0 Å². The topological polar surface area (TPSA) is 156 Å². The highest BCUT2D eigenvalue weighted by molar-refractivity contribution is 7.92. The molecule has 3 heterocycles. The molecular formula is C37H41F2N7O5S3. The van der Waals surface area contributed by atoms with Crippen LogP contribution in [0.2, 0.25) is 0 Å². The lowest BCUT2D eigenvalue weighted by Gasteiger charge is -2.39. The summed E-state index contributed by atoms with van der Waals surface area (Å²) in [5, 5.41) is 7.49. The van der Waals surface area contributed by atoms with Crippen LogP contribution in [0.4, 0.5) is 31.8 Å². The molecule has 2 aromatic heterocycles. The Morgan fingerprint density at radius 3 is 2.48 bits per heavy atom. The standard InChI is InChI=1S/C37H41F2N7O5S3/c1-22(2)36-44-33(24-8-6-9-25(19-24)45-54(49,50)35-27(38)10-7-11-28(35)39)34(52-36)29-12-14-41-37(42-29)43-30-18-23(3)31(20-32(30)51-4)46-16-15-40-21-26(46)13-17-53(5,47)48/h6-12,14,18-20,22,26,40,45H,13,15-17,21H2,1-5H3,(H,41,42,43).